The van der Waals surface area contributed by atoms with E-state index in [0.717, 1.165) is 44.0 Å². The minimum atomic E-state index is -0.229. The van der Waals surface area contributed by atoms with Crippen LogP contribution in [0.4, 0.5) is 11.4 Å². The first-order valence-electron chi connectivity index (χ1n) is 9.26. The molecule has 1 aliphatic heterocycles. The summed E-state index contributed by atoms with van der Waals surface area (Å²) in [7, 11) is 0. The highest BCUT2D eigenvalue weighted by atomic mass is 32.1. The van der Waals surface area contributed by atoms with Gasteiger partial charge in [0.2, 0.25) is 5.91 Å². The van der Waals surface area contributed by atoms with Crippen LogP contribution in [0, 0.1) is 6.92 Å². The maximum atomic E-state index is 12.2. The molecule has 6 nitrogen and oxygen atoms in total. The first kappa shape index (κ1) is 19.4. The number of hydrogen-bond acceptors (Lipinski definition) is 5. The van der Waals surface area contributed by atoms with E-state index in [2.05, 4.69) is 39.5 Å². The fourth-order valence-corrected chi connectivity index (χ4v) is 3.80. The number of carbonyl (C=O) groups excluding carboxylic acids is 2. The second-order valence-electron chi connectivity index (χ2n) is 6.63. The third-order valence-electron chi connectivity index (χ3n) is 4.82. The van der Waals surface area contributed by atoms with E-state index in [0.29, 0.717) is 4.88 Å². The van der Waals surface area contributed by atoms with Crippen molar-refractivity contribution in [3.05, 3.63) is 46.2 Å². The van der Waals surface area contributed by atoms with E-state index < -0.39 is 0 Å². The van der Waals surface area contributed by atoms with Crippen LogP contribution >= 0.6 is 11.3 Å². The zero-order chi connectivity index (χ0) is 19.2. The van der Waals surface area contributed by atoms with Crippen molar-refractivity contribution in [2.45, 2.75) is 13.8 Å². The molecule has 27 heavy (non-hydrogen) atoms. The first-order valence-corrected chi connectivity index (χ1v) is 10.1. The molecule has 1 fully saturated rings. The Morgan fingerprint density at radius 2 is 1.93 bits per heavy atom. The normalized spacial score (nSPS) is 14.8. The van der Waals surface area contributed by atoms with Crippen LogP contribution in [0.3, 0.4) is 0 Å². The number of rotatable bonds is 6. The van der Waals surface area contributed by atoms with E-state index in [-0.39, 0.29) is 18.4 Å². The summed E-state index contributed by atoms with van der Waals surface area (Å²) in [6.07, 6.45) is 0. The molecule has 2 N–H and O–H groups in total. The second kappa shape index (κ2) is 9.01. The monoisotopic (exact) mass is 386 g/mol. The molecular weight excluding hydrogens is 360 g/mol. The van der Waals surface area contributed by atoms with Crippen LogP contribution in [-0.2, 0) is 4.79 Å². The zero-order valence-electron chi connectivity index (χ0n) is 15.8. The van der Waals surface area contributed by atoms with Crippen LogP contribution in [0.1, 0.15) is 22.2 Å². The fraction of sp³-hybridized carbons (Fsp3) is 0.400. The second-order valence-corrected chi connectivity index (χ2v) is 7.58. The summed E-state index contributed by atoms with van der Waals surface area (Å²) in [5, 5.41) is 7.36. The number of nitrogens with zero attached hydrogens (tertiary/aromatic N) is 2. The van der Waals surface area contributed by atoms with Crippen molar-refractivity contribution in [1.29, 1.82) is 0 Å². The number of nitrogens with one attached hydrogen (secondary N) is 2. The maximum absolute atomic E-state index is 12.2. The molecule has 2 amide bonds. The molecule has 2 aromatic rings. The summed E-state index contributed by atoms with van der Waals surface area (Å²) < 4.78 is 0. The van der Waals surface area contributed by atoms with Gasteiger partial charge in [0.1, 0.15) is 0 Å². The molecule has 1 saturated heterocycles. The molecule has 0 unspecified atom stereocenters. The average Bonchev–Trinajstić information content (AvgIpc) is 3.23. The number of anilines is 2. The van der Waals surface area contributed by atoms with E-state index in [1.54, 1.807) is 6.07 Å². The van der Waals surface area contributed by atoms with Gasteiger partial charge in [0.25, 0.3) is 5.91 Å². The van der Waals surface area contributed by atoms with Gasteiger partial charge in [-0.25, -0.2) is 0 Å². The quantitative estimate of drug-likeness (QED) is 0.801. The van der Waals surface area contributed by atoms with Crippen LogP contribution < -0.4 is 15.5 Å². The number of likely N-dealkylation sites (N-methyl/N-ethyl adjacent to an activating group) is 1. The molecular formula is C20H26N4O2S. The Morgan fingerprint density at radius 1 is 1.15 bits per heavy atom. The van der Waals surface area contributed by atoms with Crippen molar-refractivity contribution in [2.24, 2.45) is 0 Å². The van der Waals surface area contributed by atoms with E-state index in [1.165, 1.54) is 17.0 Å². The Bertz CT molecular complexity index is 783. The molecule has 0 spiro atoms. The molecule has 3 rings (SSSR count). The molecule has 2 heterocycles. The lowest BCUT2D eigenvalue weighted by molar-refractivity contribution is -0.115. The number of piperazine rings is 1. The molecule has 0 atom stereocenters. The number of amides is 2. The molecule has 0 saturated carbocycles. The Kier molecular flexibility index (Phi) is 6.47. The SMILES string of the molecule is CCN1CCN(c2ccc(NC(=O)CNC(=O)c3cccs3)c(C)c2)CC1. The number of benzene rings is 1. The van der Waals surface area contributed by atoms with E-state index in [9.17, 15) is 9.59 Å². The van der Waals surface area contributed by atoms with Gasteiger partial charge < -0.3 is 20.4 Å². The Morgan fingerprint density at radius 3 is 2.56 bits per heavy atom. The number of thiophene rings is 1. The number of carbonyl (C=O) groups is 2. The van der Waals surface area contributed by atoms with Crippen molar-refractivity contribution < 1.29 is 9.59 Å². The van der Waals surface area contributed by atoms with Crippen LogP contribution in [-0.4, -0.2) is 56.0 Å². The van der Waals surface area contributed by atoms with Gasteiger partial charge in [-0.3, -0.25) is 9.59 Å². The summed E-state index contributed by atoms with van der Waals surface area (Å²) in [5.41, 5.74) is 2.98. The van der Waals surface area contributed by atoms with Crippen molar-refractivity contribution in [3.8, 4) is 0 Å². The minimum Gasteiger partial charge on any atom is -0.369 e. The first-order chi connectivity index (χ1) is 13.1. The van der Waals surface area contributed by atoms with Crippen molar-refractivity contribution in [1.82, 2.24) is 10.2 Å². The molecule has 1 aromatic heterocycles. The van der Waals surface area contributed by atoms with E-state index in [4.69, 9.17) is 0 Å². The lowest BCUT2D eigenvalue weighted by atomic mass is 10.1. The summed E-state index contributed by atoms with van der Waals surface area (Å²) in [4.78, 5) is 29.5. The van der Waals surface area contributed by atoms with Gasteiger partial charge in [0.15, 0.2) is 0 Å². The molecule has 1 aromatic carbocycles. The third kappa shape index (κ3) is 5.08. The van der Waals surface area contributed by atoms with Gasteiger partial charge in [-0.2, -0.15) is 0 Å². The third-order valence-corrected chi connectivity index (χ3v) is 5.69. The van der Waals surface area contributed by atoms with Crippen LogP contribution in [0.15, 0.2) is 35.7 Å². The van der Waals surface area contributed by atoms with Crippen molar-refractivity contribution in [2.75, 3.05) is 49.5 Å². The number of hydrogen-bond donors (Lipinski definition) is 2. The molecule has 0 bridgehead atoms. The standard InChI is InChI=1S/C20H26N4O2S/c1-3-23-8-10-24(11-9-23)16-6-7-17(15(2)13-16)22-19(25)14-21-20(26)18-5-4-12-27-18/h4-7,12-13H,3,8-11,14H2,1-2H3,(H,21,26)(H,22,25). The zero-order valence-corrected chi connectivity index (χ0v) is 16.6. The largest absolute Gasteiger partial charge is 0.369 e. The van der Waals surface area contributed by atoms with Crippen LogP contribution in [0.2, 0.25) is 0 Å². The van der Waals surface area contributed by atoms with E-state index in [1.807, 2.05) is 24.4 Å². The highest BCUT2D eigenvalue weighted by Crippen LogP contribution is 2.23. The van der Waals surface area contributed by atoms with E-state index >= 15 is 0 Å². The lowest BCUT2D eigenvalue weighted by Crippen LogP contribution is -2.46. The highest BCUT2D eigenvalue weighted by Gasteiger charge is 2.17. The maximum Gasteiger partial charge on any atom is 0.261 e. The minimum absolute atomic E-state index is 0.0447. The predicted molar refractivity (Wildman–Crippen MR) is 111 cm³/mol. The molecule has 0 aliphatic carbocycles. The molecule has 0 radical (unpaired) electrons. The smallest absolute Gasteiger partial charge is 0.261 e. The summed E-state index contributed by atoms with van der Waals surface area (Å²) in [6, 6.07) is 9.65. The van der Waals surface area contributed by atoms with Gasteiger partial charge in [-0.05, 0) is 48.7 Å². The number of aryl methyl sites for hydroxylation is 1. The van der Waals surface area contributed by atoms with Gasteiger partial charge in [0, 0.05) is 37.6 Å². The lowest BCUT2D eigenvalue weighted by Gasteiger charge is -2.35. The Balaban J connectivity index is 1.53. The Hall–Kier alpha value is -2.38. The summed E-state index contributed by atoms with van der Waals surface area (Å²) >= 11 is 1.35. The summed E-state index contributed by atoms with van der Waals surface area (Å²) in [6.45, 7) is 9.45. The Labute approximate surface area is 164 Å². The van der Waals surface area contributed by atoms with Crippen LogP contribution in [0.5, 0.6) is 0 Å². The molecule has 144 valence electrons. The average molecular weight is 387 g/mol. The highest BCUT2D eigenvalue weighted by molar-refractivity contribution is 7.12. The predicted octanol–water partition coefficient (Wildman–Crippen LogP) is 2.57. The van der Waals surface area contributed by atoms with Gasteiger partial charge in [-0.15, -0.1) is 11.3 Å². The van der Waals surface area contributed by atoms with Crippen molar-refractivity contribution >= 4 is 34.5 Å². The fourth-order valence-electron chi connectivity index (χ4n) is 3.16. The van der Waals surface area contributed by atoms with Gasteiger partial charge in [0.05, 0.1) is 11.4 Å². The van der Waals surface area contributed by atoms with Crippen LogP contribution in [0.25, 0.3) is 0 Å². The van der Waals surface area contributed by atoms with Crippen molar-refractivity contribution in [3.63, 3.8) is 0 Å². The van der Waals surface area contributed by atoms with Gasteiger partial charge in [-0.1, -0.05) is 13.0 Å². The summed E-state index contributed by atoms with van der Waals surface area (Å²) in [5.74, 6) is -0.453. The van der Waals surface area contributed by atoms with Gasteiger partial charge >= 0.3 is 0 Å². The topological polar surface area (TPSA) is 64.7 Å². The molecule has 7 heteroatoms. The molecule has 1 aliphatic rings.